The highest BCUT2D eigenvalue weighted by Crippen LogP contribution is 2.45. The molecule has 2 atom stereocenters. The average molecular weight is 296 g/mol. The molecule has 0 unspecified atom stereocenters. The zero-order valence-corrected chi connectivity index (χ0v) is 14.2. The van der Waals surface area contributed by atoms with Crippen LogP contribution in [0, 0.1) is 11.3 Å². The monoisotopic (exact) mass is 296 g/mol. The van der Waals surface area contributed by atoms with Crippen molar-refractivity contribution in [3.63, 3.8) is 0 Å². The van der Waals surface area contributed by atoms with Crippen molar-refractivity contribution in [1.82, 2.24) is 10.2 Å². The van der Waals surface area contributed by atoms with Crippen LogP contribution in [0.5, 0.6) is 0 Å². The quantitative estimate of drug-likeness (QED) is 0.818. The zero-order chi connectivity index (χ0) is 15.5. The van der Waals surface area contributed by atoms with Crippen molar-refractivity contribution in [3.05, 3.63) is 0 Å². The minimum absolute atomic E-state index is 0.0786. The highest BCUT2D eigenvalue weighted by molar-refractivity contribution is 5.76. The molecule has 0 bridgehead atoms. The second-order valence-electron chi connectivity index (χ2n) is 7.25. The van der Waals surface area contributed by atoms with Crippen LogP contribution in [0.15, 0.2) is 0 Å². The van der Waals surface area contributed by atoms with Crippen LogP contribution in [-0.2, 0) is 9.53 Å². The summed E-state index contributed by atoms with van der Waals surface area (Å²) in [6, 6.07) is 0.328. The van der Waals surface area contributed by atoms with Gasteiger partial charge in [0, 0.05) is 31.5 Å². The van der Waals surface area contributed by atoms with Crippen molar-refractivity contribution in [2.45, 2.75) is 65.0 Å². The summed E-state index contributed by atoms with van der Waals surface area (Å²) in [7, 11) is 1.97. The first-order valence-corrected chi connectivity index (χ1v) is 8.54. The number of carbonyl (C=O) groups excluding carboxylic acids is 1. The lowest BCUT2D eigenvalue weighted by Crippen LogP contribution is -2.62. The van der Waals surface area contributed by atoms with Crippen LogP contribution in [0.4, 0.5) is 0 Å². The first kappa shape index (κ1) is 16.8. The molecule has 1 aliphatic carbocycles. The smallest absolute Gasteiger partial charge is 0.222 e. The SMILES string of the molecule is CCO[C@@H]1C[C@H](N(C)C(=O)CCC2CCNCC2)C1(C)C. The molecular formula is C17H32N2O2. The second-order valence-corrected chi connectivity index (χ2v) is 7.25. The van der Waals surface area contributed by atoms with Crippen molar-refractivity contribution in [1.29, 1.82) is 0 Å². The van der Waals surface area contributed by atoms with Gasteiger partial charge in [0.15, 0.2) is 0 Å². The summed E-state index contributed by atoms with van der Waals surface area (Å²) in [4.78, 5) is 14.4. The van der Waals surface area contributed by atoms with Gasteiger partial charge in [-0.1, -0.05) is 13.8 Å². The summed E-state index contributed by atoms with van der Waals surface area (Å²) < 4.78 is 5.76. The molecule has 1 saturated heterocycles. The molecule has 4 heteroatoms. The van der Waals surface area contributed by atoms with E-state index in [1.54, 1.807) is 0 Å². The Morgan fingerprint density at radius 3 is 2.57 bits per heavy atom. The van der Waals surface area contributed by atoms with Crippen LogP contribution in [0.25, 0.3) is 0 Å². The number of hydrogen-bond donors (Lipinski definition) is 1. The zero-order valence-electron chi connectivity index (χ0n) is 14.2. The van der Waals surface area contributed by atoms with E-state index in [0.29, 0.717) is 24.5 Å². The molecule has 1 N–H and O–H groups in total. The molecule has 1 saturated carbocycles. The van der Waals surface area contributed by atoms with E-state index in [0.717, 1.165) is 38.5 Å². The highest BCUT2D eigenvalue weighted by atomic mass is 16.5. The van der Waals surface area contributed by atoms with Gasteiger partial charge in [-0.15, -0.1) is 0 Å². The largest absolute Gasteiger partial charge is 0.378 e. The normalized spacial score (nSPS) is 29.0. The van der Waals surface area contributed by atoms with Crippen LogP contribution in [0.3, 0.4) is 0 Å². The first-order valence-electron chi connectivity index (χ1n) is 8.54. The van der Waals surface area contributed by atoms with E-state index in [2.05, 4.69) is 19.2 Å². The molecule has 0 aromatic heterocycles. The minimum atomic E-state index is 0.0786. The van der Waals surface area contributed by atoms with E-state index >= 15 is 0 Å². The molecule has 0 aromatic carbocycles. The standard InChI is InChI=1S/C17H32N2O2/c1-5-21-15-12-14(17(15,2)3)19(4)16(20)7-6-13-8-10-18-11-9-13/h13-15,18H,5-12H2,1-4H3/t14-,15+/m0/s1. The number of nitrogens with one attached hydrogen (secondary N) is 1. The van der Waals surface area contributed by atoms with Gasteiger partial charge in [0.25, 0.3) is 0 Å². The third-order valence-corrected chi connectivity index (χ3v) is 5.58. The lowest BCUT2D eigenvalue weighted by atomic mass is 9.63. The summed E-state index contributed by atoms with van der Waals surface area (Å²) in [6.07, 6.45) is 5.47. The van der Waals surface area contributed by atoms with Crippen LogP contribution >= 0.6 is 0 Å². The van der Waals surface area contributed by atoms with E-state index in [1.807, 2.05) is 18.9 Å². The Hall–Kier alpha value is -0.610. The molecule has 1 aliphatic heterocycles. The Bertz CT molecular complexity index is 351. The molecule has 122 valence electrons. The van der Waals surface area contributed by atoms with Crippen molar-refractivity contribution >= 4 is 5.91 Å². The predicted octanol–water partition coefficient (Wildman–Crippen LogP) is 2.43. The molecule has 21 heavy (non-hydrogen) atoms. The third-order valence-electron chi connectivity index (χ3n) is 5.58. The fourth-order valence-corrected chi connectivity index (χ4v) is 3.85. The lowest BCUT2D eigenvalue weighted by Gasteiger charge is -2.54. The van der Waals surface area contributed by atoms with E-state index in [-0.39, 0.29) is 5.41 Å². The minimum Gasteiger partial charge on any atom is -0.378 e. The first-order chi connectivity index (χ1) is 9.96. The summed E-state index contributed by atoms with van der Waals surface area (Å²) in [5.41, 5.74) is 0.0786. The van der Waals surface area contributed by atoms with Gasteiger partial charge in [0.2, 0.25) is 5.91 Å². The van der Waals surface area contributed by atoms with Gasteiger partial charge in [-0.05, 0) is 51.6 Å². The second kappa shape index (κ2) is 7.10. The van der Waals surface area contributed by atoms with Crippen LogP contribution < -0.4 is 5.32 Å². The van der Waals surface area contributed by atoms with Gasteiger partial charge in [0.1, 0.15) is 0 Å². The van der Waals surface area contributed by atoms with Gasteiger partial charge < -0.3 is 15.0 Å². The van der Waals surface area contributed by atoms with Gasteiger partial charge >= 0.3 is 0 Å². The summed E-state index contributed by atoms with van der Waals surface area (Å²) in [5, 5.41) is 3.38. The third kappa shape index (κ3) is 3.78. The molecule has 1 amide bonds. The topological polar surface area (TPSA) is 41.6 Å². The molecule has 1 heterocycles. The number of piperidine rings is 1. The highest BCUT2D eigenvalue weighted by Gasteiger charge is 2.51. The average Bonchev–Trinajstić information content (AvgIpc) is 2.49. The molecule has 0 aromatic rings. The van der Waals surface area contributed by atoms with Crippen molar-refractivity contribution in [3.8, 4) is 0 Å². The maximum atomic E-state index is 12.4. The molecule has 2 rings (SSSR count). The molecule has 4 nitrogen and oxygen atoms in total. The van der Waals surface area contributed by atoms with Gasteiger partial charge in [-0.2, -0.15) is 0 Å². The Morgan fingerprint density at radius 2 is 2.00 bits per heavy atom. The maximum absolute atomic E-state index is 12.4. The Balaban J connectivity index is 1.77. The van der Waals surface area contributed by atoms with E-state index in [4.69, 9.17) is 4.74 Å². The summed E-state index contributed by atoms with van der Waals surface area (Å²) in [6.45, 7) is 9.46. The van der Waals surface area contributed by atoms with E-state index < -0.39 is 0 Å². The number of hydrogen-bond acceptors (Lipinski definition) is 3. The predicted molar refractivity (Wildman–Crippen MR) is 85.2 cm³/mol. The van der Waals surface area contributed by atoms with Crippen LogP contribution in [0.1, 0.15) is 52.9 Å². The van der Waals surface area contributed by atoms with E-state index in [1.165, 1.54) is 12.8 Å². The fraction of sp³-hybridized carbons (Fsp3) is 0.941. The number of carbonyl (C=O) groups is 1. The van der Waals surface area contributed by atoms with Crippen molar-refractivity contribution in [2.24, 2.45) is 11.3 Å². The van der Waals surface area contributed by atoms with Crippen LogP contribution in [0.2, 0.25) is 0 Å². The maximum Gasteiger partial charge on any atom is 0.222 e. The number of rotatable bonds is 6. The summed E-state index contributed by atoms with van der Waals surface area (Å²) in [5.74, 6) is 1.04. The van der Waals surface area contributed by atoms with Gasteiger partial charge in [-0.25, -0.2) is 0 Å². The van der Waals surface area contributed by atoms with Gasteiger partial charge in [-0.3, -0.25) is 4.79 Å². The molecule has 0 radical (unpaired) electrons. The molecule has 2 aliphatic rings. The summed E-state index contributed by atoms with van der Waals surface area (Å²) >= 11 is 0. The Morgan fingerprint density at radius 1 is 1.33 bits per heavy atom. The lowest BCUT2D eigenvalue weighted by molar-refractivity contribution is -0.163. The van der Waals surface area contributed by atoms with Crippen molar-refractivity contribution < 1.29 is 9.53 Å². The van der Waals surface area contributed by atoms with Gasteiger partial charge in [0.05, 0.1) is 6.10 Å². The van der Waals surface area contributed by atoms with E-state index in [9.17, 15) is 4.79 Å². The van der Waals surface area contributed by atoms with Crippen LogP contribution in [-0.4, -0.2) is 49.7 Å². The van der Waals surface area contributed by atoms with Crippen molar-refractivity contribution in [2.75, 3.05) is 26.7 Å². The fourth-order valence-electron chi connectivity index (χ4n) is 3.85. The number of nitrogens with zero attached hydrogens (tertiary/aromatic N) is 1. The number of ether oxygens (including phenoxy) is 1. The molecular weight excluding hydrogens is 264 g/mol. The number of amides is 1. The molecule has 2 fully saturated rings. The Kier molecular flexibility index (Phi) is 5.67. The molecule has 0 spiro atoms. The Labute approximate surface area is 129 Å².